The third-order valence-electron chi connectivity index (χ3n) is 4.91. The molecule has 0 radical (unpaired) electrons. The second-order valence-corrected chi connectivity index (χ2v) is 6.01. The molecule has 1 aliphatic heterocycles. The lowest BCUT2D eigenvalue weighted by atomic mass is 9.82. The van der Waals surface area contributed by atoms with Crippen LogP contribution in [0.1, 0.15) is 52.4 Å². The van der Waals surface area contributed by atoms with Crippen LogP contribution < -0.4 is 5.73 Å². The van der Waals surface area contributed by atoms with Crippen LogP contribution in [0, 0.1) is 11.8 Å². The maximum atomic E-state index is 6.09. The molecule has 2 atom stereocenters. The van der Waals surface area contributed by atoms with Gasteiger partial charge >= 0.3 is 0 Å². The van der Waals surface area contributed by atoms with Gasteiger partial charge in [0.2, 0.25) is 0 Å². The molecule has 2 nitrogen and oxygen atoms in total. The van der Waals surface area contributed by atoms with Crippen molar-refractivity contribution in [1.82, 2.24) is 4.90 Å². The van der Waals surface area contributed by atoms with Crippen molar-refractivity contribution >= 4 is 0 Å². The Hall–Kier alpha value is -0.0800. The summed E-state index contributed by atoms with van der Waals surface area (Å²) in [6, 6.07) is 1.32. The molecule has 0 bridgehead atoms. The first-order chi connectivity index (χ1) is 7.70. The Labute approximate surface area is 101 Å². The van der Waals surface area contributed by atoms with E-state index >= 15 is 0 Å². The normalized spacial score (nSPS) is 42.2. The van der Waals surface area contributed by atoms with Crippen LogP contribution in [0.4, 0.5) is 0 Å². The minimum absolute atomic E-state index is 0.447. The number of likely N-dealkylation sites (tertiary alicyclic amines) is 1. The Bertz CT molecular complexity index is 209. The molecule has 1 saturated carbocycles. The van der Waals surface area contributed by atoms with Crippen molar-refractivity contribution in [3.8, 4) is 0 Å². The Morgan fingerprint density at radius 2 is 1.81 bits per heavy atom. The molecule has 0 aromatic rings. The largest absolute Gasteiger partial charge is 0.327 e. The molecule has 1 heterocycles. The van der Waals surface area contributed by atoms with Gasteiger partial charge in [0, 0.05) is 18.6 Å². The van der Waals surface area contributed by atoms with Crippen molar-refractivity contribution in [3.63, 3.8) is 0 Å². The van der Waals surface area contributed by atoms with Gasteiger partial charge in [0.15, 0.2) is 0 Å². The maximum absolute atomic E-state index is 6.09. The van der Waals surface area contributed by atoms with Crippen LogP contribution >= 0.6 is 0 Å². The quantitative estimate of drug-likeness (QED) is 0.781. The van der Waals surface area contributed by atoms with Gasteiger partial charge in [0.25, 0.3) is 0 Å². The highest BCUT2D eigenvalue weighted by Crippen LogP contribution is 2.31. The van der Waals surface area contributed by atoms with E-state index in [1.54, 1.807) is 0 Å². The molecular weight excluding hydrogens is 196 g/mol. The van der Waals surface area contributed by atoms with Crippen LogP contribution in [0.5, 0.6) is 0 Å². The Morgan fingerprint density at radius 1 is 1.12 bits per heavy atom. The molecule has 2 unspecified atom stereocenters. The topological polar surface area (TPSA) is 29.3 Å². The number of nitrogens with zero attached hydrogens (tertiary/aromatic N) is 1. The Balaban J connectivity index is 1.81. The lowest BCUT2D eigenvalue weighted by molar-refractivity contribution is 0.0818. The number of hydrogen-bond donors (Lipinski definition) is 1. The van der Waals surface area contributed by atoms with E-state index in [2.05, 4.69) is 18.7 Å². The van der Waals surface area contributed by atoms with Crippen molar-refractivity contribution in [2.75, 3.05) is 13.1 Å². The van der Waals surface area contributed by atoms with Crippen LogP contribution in [-0.4, -0.2) is 30.1 Å². The summed E-state index contributed by atoms with van der Waals surface area (Å²) in [4.78, 5) is 2.72. The number of piperidine rings is 1. The van der Waals surface area contributed by atoms with Crippen LogP contribution in [0.25, 0.3) is 0 Å². The average molecular weight is 224 g/mol. The highest BCUT2D eigenvalue weighted by molar-refractivity contribution is 4.86. The van der Waals surface area contributed by atoms with E-state index < -0.39 is 0 Å². The summed E-state index contributed by atoms with van der Waals surface area (Å²) in [6.07, 6.45) is 8.36. The fourth-order valence-corrected chi connectivity index (χ4v) is 3.45. The van der Waals surface area contributed by atoms with Crippen molar-refractivity contribution in [2.45, 2.75) is 64.5 Å². The van der Waals surface area contributed by atoms with Crippen LogP contribution in [0.3, 0.4) is 0 Å². The van der Waals surface area contributed by atoms with E-state index in [1.807, 2.05) is 0 Å². The third kappa shape index (κ3) is 2.78. The number of hydrogen-bond acceptors (Lipinski definition) is 2. The van der Waals surface area contributed by atoms with Crippen LogP contribution in [0.15, 0.2) is 0 Å². The molecule has 0 aromatic carbocycles. The van der Waals surface area contributed by atoms with Gasteiger partial charge in [-0.25, -0.2) is 0 Å². The summed E-state index contributed by atoms with van der Waals surface area (Å²) < 4.78 is 0. The zero-order valence-electron chi connectivity index (χ0n) is 11.0. The second kappa shape index (κ2) is 5.50. The molecule has 1 saturated heterocycles. The fourth-order valence-electron chi connectivity index (χ4n) is 3.45. The van der Waals surface area contributed by atoms with Gasteiger partial charge < -0.3 is 10.6 Å². The van der Waals surface area contributed by atoms with Crippen molar-refractivity contribution < 1.29 is 0 Å². The van der Waals surface area contributed by atoms with E-state index in [-0.39, 0.29) is 0 Å². The van der Waals surface area contributed by atoms with Gasteiger partial charge in [-0.1, -0.05) is 20.3 Å². The summed E-state index contributed by atoms with van der Waals surface area (Å²) >= 11 is 0. The summed E-state index contributed by atoms with van der Waals surface area (Å²) in [5.41, 5.74) is 6.09. The van der Waals surface area contributed by atoms with E-state index in [1.165, 1.54) is 51.6 Å². The molecule has 2 N–H and O–H groups in total. The monoisotopic (exact) mass is 224 g/mol. The summed E-state index contributed by atoms with van der Waals surface area (Å²) in [6.45, 7) is 7.14. The van der Waals surface area contributed by atoms with Gasteiger partial charge in [0.1, 0.15) is 0 Å². The van der Waals surface area contributed by atoms with Crippen LogP contribution in [-0.2, 0) is 0 Å². The first kappa shape index (κ1) is 12.4. The molecule has 16 heavy (non-hydrogen) atoms. The smallest absolute Gasteiger partial charge is 0.00955 e. The summed E-state index contributed by atoms with van der Waals surface area (Å²) in [5.74, 6) is 1.71. The van der Waals surface area contributed by atoms with Crippen molar-refractivity contribution in [1.29, 1.82) is 0 Å². The lowest BCUT2D eigenvalue weighted by Crippen LogP contribution is -2.50. The van der Waals surface area contributed by atoms with Gasteiger partial charge in [-0.2, -0.15) is 0 Å². The minimum atomic E-state index is 0.447. The molecule has 2 heteroatoms. The molecule has 2 aliphatic rings. The Kier molecular flexibility index (Phi) is 4.26. The lowest BCUT2D eigenvalue weighted by Gasteiger charge is -2.42. The molecule has 0 spiro atoms. The Morgan fingerprint density at radius 3 is 2.38 bits per heavy atom. The highest BCUT2D eigenvalue weighted by Gasteiger charge is 2.30. The molecule has 2 rings (SSSR count). The number of nitrogens with two attached hydrogens (primary N) is 1. The fraction of sp³-hybridized carbons (Fsp3) is 1.00. The SMILES string of the molecule is CCC1CCC(N2CCC(N)C(C)C2)CC1. The molecule has 1 aliphatic carbocycles. The highest BCUT2D eigenvalue weighted by atomic mass is 15.2. The van der Waals surface area contributed by atoms with E-state index in [9.17, 15) is 0 Å². The molecule has 2 fully saturated rings. The standard InChI is InChI=1S/C14H28N2/c1-3-12-4-6-13(7-5-12)16-9-8-14(15)11(2)10-16/h11-14H,3-10,15H2,1-2H3. The predicted octanol–water partition coefficient (Wildman–Crippen LogP) is 2.62. The minimum Gasteiger partial charge on any atom is -0.327 e. The van der Waals surface area contributed by atoms with Crippen LogP contribution in [0.2, 0.25) is 0 Å². The van der Waals surface area contributed by atoms with E-state index in [0.29, 0.717) is 12.0 Å². The second-order valence-electron chi connectivity index (χ2n) is 6.01. The first-order valence-corrected chi connectivity index (χ1v) is 7.20. The zero-order chi connectivity index (χ0) is 11.5. The van der Waals surface area contributed by atoms with Gasteiger partial charge in [-0.3, -0.25) is 0 Å². The van der Waals surface area contributed by atoms with Gasteiger partial charge in [-0.05, 0) is 50.5 Å². The summed E-state index contributed by atoms with van der Waals surface area (Å²) in [5, 5.41) is 0. The third-order valence-corrected chi connectivity index (χ3v) is 4.91. The average Bonchev–Trinajstić information content (AvgIpc) is 2.33. The number of rotatable bonds is 2. The van der Waals surface area contributed by atoms with Crippen molar-refractivity contribution in [2.24, 2.45) is 17.6 Å². The van der Waals surface area contributed by atoms with E-state index in [0.717, 1.165) is 12.0 Å². The van der Waals surface area contributed by atoms with Crippen molar-refractivity contribution in [3.05, 3.63) is 0 Å². The molecule has 0 amide bonds. The first-order valence-electron chi connectivity index (χ1n) is 7.20. The molecule has 0 aromatic heterocycles. The van der Waals surface area contributed by atoms with E-state index in [4.69, 9.17) is 5.73 Å². The zero-order valence-corrected chi connectivity index (χ0v) is 11.0. The van der Waals surface area contributed by atoms with Gasteiger partial charge in [0.05, 0.1) is 0 Å². The molecular formula is C14H28N2. The van der Waals surface area contributed by atoms with Gasteiger partial charge in [-0.15, -0.1) is 0 Å². The predicted molar refractivity (Wildman–Crippen MR) is 69.4 cm³/mol. The maximum Gasteiger partial charge on any atom is 0.00955 e. The summed E-state index contributed by atoms with van der Waals surface area (Å²) in [7, 11) is 0. The molecule has 94 valence electrons.